The fourth-order valence-electron chi connectivity index (χ4n) is 1.01. The number of nitrogens with one attached hydrogen (secondary N) is 1. The topological polar surface area (TPSA) is 29.1 Å². The second kappa shape index (κ2) is 8.99. The number of hydrogen-bond acceptors (Lipinski definition) is 1. The van der Waals surface area contributed by atoms with E-state index in [9.17, 15) is 4.79 Å². The van der Waals surface area contributed by atoms with E-state index < -0.39 is 0 Å². The van der Waals surface area contributed by atoms with Crippen LogP contribution in [0.3, 0.4) is 0 Å². The van der Waals surface area contributed by atoms with E-state index in [4.69, 9.17) is 0 Å². The molecular weight excluding hydrogens is 169 g/mol. The Kier molecular flexibility index (Phi) is 8.92. The molecule has 0 aromatic carbocycles. The SMILES string of the molecule is CCCCCCC(=O)NCCP. The smallest absolute Gasteiger partial charge is 0.220 e. The number of hydrogen-bond donors (Lipinski definition) is 1. The molecule has 1 atom stereocenters. The highest BCUT2D eigenvalue weighted by Crippen LogP contribution is 2.01. The lowest BCUT2D eigenvalue weighted by Crippen LogP contribution is -2.24. The van der Waals surface area contributed by atoms with Crippen LogP contribution in [-0.4, -0.2) is 18.6 Å². The van der Waals surface area contributed by atoms with Gasteiger partial charge < -0.3 is 5.32 Å². The van der Waals surface area contributed by atoms with Gasteiger partial charge >= 0.3 is 0 Å². The van der Waals surface area contributed by atoms with E-state index in [1.807, 2.05) is 0 Å². The van der Waals surface area contributed by atoms with Crippen molar-refractivity contribution < 1.29 is 4.79 Å². The molecule has 3 heteroatoms. The van der Waals surface area contributed by atoms with E-state index >= 15 is 0 Å². The summed E-state index contributed by atoms with van der Waals surface area (Å²) in [6.07, 6.45) is 6.34. The molecule has 2 nitrogen and oxygen atoms in total. The molecule has 1 unspecified atom stereocenters. The third-order valence-electron chi connectivity index (χ3n) is 1.72. The first-order valence-corrected chi connectivity index (χ1v) is 5.59. The van der Waals surface area contributed by atoms with Crippen molar-refractivity contribution >= 4 is 15.1 Å². The molecule has 1 amide bonds. The van der Waals surface area contributed by atoms with Crippen molar-refractivity contribution in [3.05, 3.63) is 0 Å². The minimum Gasteiger partial charge on any atom is -0.356 e. The van der Waals surface area contributed by atoms with Crippen molar-refractivity contribution in [2.24, 2.45) is 0 Å². The molecular formula is C9H20NOP. The third-order valence-corrected chi connectivity index (χ3v) is 2.01. The Hall–Kier alpha value is -0.100. The van der Waals surface area contributed by atoms with Gasteiger partial charge in [0.15, 0.2) is 0 Å². The van der Waals surface area contributed by atoms with Gasteiger partial charge in [-0.05, 0) is 12.6 Å². The maximum absolute atomic E-state index is 11.0. The summed E-state index contributed by atoms with van der Waals surface area (Å²) in [7, 11) is 2.60. The summed E-state index contributed by atoms with van der Waals surface area (Å²) in [5, 5.41) is 2.85. The predicted molar refractivity (Wildman–Crippen MR) is 56.3 cm³/mol. The Bertz CT molecular complexity index is 117. The molecule has 0 bridgehead atoms. The number of unbranched alkanes of at least 4 members (excludes halogenated alkanes) is 3. The fourth-order valence-corrected chi connectivity index (χ4v) is 1.16. The lowest BCUT2D eigenvalue weighted by Gasteiger charge is -2.02. The van der Waals surface area contributed by atoms with Gasteiger partial charge in [-0.15, -0.1) is 9.24 Å². The molecule has 12 heavy (non-hydrogen) atoms. The summed E-state index contributed by atoms with van der Waals surface area (Å²) in [5.74, 6) is 0.202. The van der Waals surface area contributed by atoms with Crippen LogP contribution in [0.1, 0.15) is 39.0 Å². The van der Waals surface area contributed by atoms with Gasteiger partial charge in [-0.25, -0.2) is 0 Å². The first-order chi connectivity index (χ1) is 5.81. The van der Waals surface area contributed by atoms with Crippen LogP contribution in [0.25, 0.3) is 0 Å². The molecule has 0 radical (unpaired) electrons. The second-order valence-electron chi connectivity index (χ2n) is 2.95. The average Bonchev–Trinajstić information content (AvgIpc) is 2.09. The molecule has 0 spiro atoms. The van der Waals surface area contributed by atoms with Gasteiger partial charge in [0.05, 0.1) is 0 Å². The standard InChI is InChI=1S/C9H20NOP/c1-2-3-4-5-6-9(11)10-7-8-12/h2-8,12H2,1H3,(H,10,11). The van der Waals surface area contributed by atoms with Crippen LogP contribution in [0.15, 0.2) is 0 Å². The minimum atomic E-state index is 0.202. The van der Waals surface area contributed by atoms with Crippen LogP contribution in [0.2, 0.25) is 0 Å². The quantitative estimate of drug-likeness (QED) is 0.481. The number of carbonyl (C=O) groups excluding carboxylic acids is 1. The maximum atomic E-state index is 11.0. The highest BCUT2D eigenvalue weighted by molar-refractivity contribution is 7.16. The van der Waals surface area contributed by atoms with Gasteiger partial charge in [-0.1, -0.05) is 26.2 Å². The van der Waals surface area contributed by atoms with E-state index in [0.717, 1.165) is 19.1 Å². The highest BCUT2D eigenvalue weighted by atomic mass is 31.0. The zero-order chi connectivity index (χ0) is 9.23. The number of amides is 1. The fraction of sp³-hybridized carbons (Fsp3) is 0.889. The van der Waals surface area contributed by atoms with Gasteiger partial charge in [0.2, 0.25) is 5.91 Å². The Labute approximate surface area is 77.7 Å². The molecule has 0 aromatic heterocycles. The highest BCUT2D eigenvalue weighted by Gasteiger charge is 1.98. The van der Waals surface area contributed by atoms with Crippen molar-refractivity contribution in [2.75, 3.05) is 12.7 Å². The Morgan fingerprint density at radius 2 is 2.08 bits per heavy atom. The number of rotatable bonds is 7. The first kappa shape index (κ1) is 11.9. The maximum Gasteiger partial charge on any atom is 0.220 e. The molecule has 0 aliphatic rings. The summed E-state index contributed by atoms with van der Waals surface area (Å²) in [6.45, 7) is 2.96. The van der Waals surface area contributed by atoms with Gasteiger partial charge in [0.25, 0.3) is 0 Å². The number of carbonyl (C=O) groups is 1. The molecule has 72 valence electrons. The van der Waals surface area contributed by atoms with Gasteiger partial charge in [0.1, 0.15) is 0 Å². The molecule has 0 rings (SSSR count). The minimum absolute atomic E-state index is 0.202. The molecule has 0 saturated heterocycles. The van der Waals surface area contributed by atoms with Crippen molar-refractivity contribution in [1.29, 1.82) is 0 Å². The van der Waals surface area contributed by atoms with Gasteiger partial charge in [-0.2, -0.15) is 0 Å². The van der Waals surface area contributed by atoms with Crippen LogP contribution in [-0.2, 0) is 4.79 Å². The normalized spacial score (nSPS) is 9.83. The van der Waals surface area contributed by atoms with Crippen LogP contribution < -0.4 is 5.32 Å². The summed E-state index contributed by atoms with van der Waals surface area (Å²) in [6, 6.07) is 0. The van der Waals surface area contributed by atoms with Crippen molar-refractivity contribution in [3.8, 4) is 0 Å². The van der Waals surface area contributed by atoms with E-state index in [2.05, 4.69) is 21.5 Å². The molecule has 0 heterocycles. The van der Waals surface area contributed by atoms with Crippen LogP contribution in [0, 0.1) is 0 Å². The average molecular weight is 189 g/mol. The van der Waals surface area contributed by atoms with E-state index in [1.54, 1.807) is 0 Å². The van der Waals surface area contributed by atoms with Crippen molar-refractivity contribution in [2.45, 2.75) is 39.0 Å². The largest absolute Gasteiger partial charge is 0.356 e. The molecule has 0 aromatic rings. The second-order valence-corrected chi connectivity index (χ2v) is 3.53. The zero-order valence-corrected chi connectivity index (χ0v) is 9.09. The molecule has 0 saturated carbocycles. The molecule has 0 fully saturated rings. The Morgan fingerprint density at radius 1 is 1.33 bits per heavy atom. The van der Waals surface area contributed by atoms with Crippen LogP contribution in [0.5, 0.6) is 0 Å². The van der Waals surface area contributed by atoms with E-state index in [1.165, 1.54) is 19.3 Å². The van der Waals surface area contributed by atoms with Gasteiger partial charge in [-0.3, -0.25) is 4.79 Å². The summed E-state index contributed by atoms with van der Waals surface area (Å²) in [5.41, 5.74) is 0. The third kappa shape index (κ3) is 8.00. The summed E-state index contributed by atoms with van der Waals surface area (Å²) < 4.78 is 0. The Morgan fingerprint density at radius 3 is 2.67 bits per heavy atom. The van der Waals surface area contributed by atoms with Crippen LogP contribution in [0.4, 0.5) is 0 Å². The zero-order valence-electron chi connectivity index (χ0n) is 7.94. The molecule has 1 N–H and O–H groups in total. The van der Waals surface area contributed by atoms with Crippen LogP contribution >= 0.6 is 9.24 Å². The molecule has 0 aliphatic heterocycles. The predicted octanol–water partition coefficient (Wildman–Crippen LogP) is 1.95. The van der Waals surface area contributed by atoms with E-state index in [0.29, 0.717) is 6.42 Å². The van der Waals surface area contributed by atoms with Crippen molar-refractivity contribution in [3.63, 3.8) is 0 Å². The monoisotopic (exact) mass is 189 g/mol. The first-order valence-electron chi connectivity index (χ1n) is 4.78. The Balaban J connectivity index is 3.08. The lowest BCUT2D eigenvalue weighted by atomic mass is 10.1. The summed E-state index contributed by atoms with van der Waals surface area (Å²) >= 11 is 0. The van der Waals surface area contributed by atoms with Gasteiger partial charge in [0, 0.05) is 13.0 Å². The lowest BCUT2D eigenvalue weighted by molar-refractivity contribution is -0.121. The molecule has 0 aliphatic carbocycles. The van der Waals surface area contributed by atoms with E-state index in [-0.39, 0.29) is 5.91 Å². The van der Waals surface area contributed by atoms with Crippen molar-refractivity contribution in [1.82, 2.24) is 5.32 Å². The summed E-state index contributed by atoms with van der Waals surface area (Å²) in [4.78, 5) is 11.0.